The first-order valence-corrected chi connectivity index (χ1v) is 31.6. The van der Waals surface area contributed by atoms with E-state index in [0.29, 0.717) is 80.2 Å². The average Bonchev–Trinajstić information content (AvgIpc) is 3.35. The summed E-state index contributed by atoms with van der Waals surface area (Å²) >= 11 is 0. The molecule has 454 valence electrons. The first-order valence-electron chi connectivity index (χ1n) is 26.4. The number of unbranched alkanes of at least 4 members (excludes halogenated alkanes) is 6. The first kappa shape index (κ1) is 75.7. The third kappa shape index (κ3) is 39.6. The highest BCUT2D eigenvalue weighted by Crippen LogP contribution is 2.41. The van der Waals surface area contributed by atoms with Gasteiger partial charge in [-0.3, -0.25) is 28.3 Å². The molecule has 0 radical (unpaired) electrons. The van der Waals surface area contributed by atoms with Crippen molar-refractivity contribution in [3.05, 3.63) is 35.4 Å². The minimum atomic E-state index is -4.10. The molecule has 0 saturated carbocycles. The van der Waals surface area contributed by atoms with E-state index in [0.717, 1.165) is 77.0 Å². The third-order valence-corrected chi connectivity index (χ3v) is 12.1. The van der Waals surface area contributed by atoms with Gasteiger partial charge in [-0.1, -0.05) is 86.5 Å². The number of amides is 2. The lowest BCUT2D eigenvalue weighted by Gasteiger charge is -2.24. The number of hydrogen-bond acceptors (Lipinski definition) is 20. The zero-order valence-corrected chi connectivity index (χ0v) is 50.2. The summed E-state index contributed by atoms with van der Waals surface area (Å²) in [4.78, 5) is 51.9. The van der Waals surface area contributed by atoms with Crippen molar-refractivity contribution in [2.45, 2.75) is 164 Å². The largest absolute Gasteiger partial charge is 0.490 e. The molecule has 28 heteroatoms. The van der Waals surface area contributed by atoms with Crippen LogP contribution < -0.4 is 33.7 Å². The van der Waals surface area contributed by atoms with Gasteiger partial charge in [0, 0.05) is 30.6 Å². The van der Waals surface area contributed by atoms with E-state index in [1.807, 2.05) is 34.6 Å². The molecule has 0 aliphatic rings. The maximum Gasteiger partial charge on any atom is 0.425 e. The topological polar surface area (TPSA) is 350 Å². The number of nitrogens with one attached hydrogen (secondary N) is 1. The number of benzene rings is 2. The zero-order valence-electron chi connectivity index (χ0n) is 46.9. The van der Waals surface area contributed by atoms with Crippen molar-refractivity contribution in [1.29, 1.82) is 0 Å². The van der Waals surface area contributed by atoms with Crippen LogP contribution in [0.1, 0.15) is 179 Å². The molecule has 0 saturated heterocycles. The van der Waals surface area contributed by atoms with E-state index in [2.05, 4.69) is 12.2 Å². The van der Waals surface area contributed by atoms with Gasteiger partial charge < -0.3 is 38.6 Å². The van der Waals surface area contributed by atoms with Crippen molar-refractivity contribution < 1.29 is 98.8 Å². The van der Waals surface area contributed by atoms with Crippen LogP contribution in [-0.2, 0) is 51.0 Å². The average molecular weight is 1210 g/mol. The third-order valence-electron chi connectivity index (χ3n) is 10.5. The van der Waals surface area contributed by atoms with Gasteiger partial charge in [-0.05, 0) is 89.5 Å². The molecule has 0 bridgehead atoms. The fourth-order valence-corrected chi connectivity index (χ4v) is 7.53. The van der Waals surface area contributed by atoms with Crippen LogP contribution in [0.5, 0.6) is 34.5 Å². The SMILES string of the molecule is CCCCCCC(NC(=O)c1cc(OCCC)c(OCCCS(=O)(=O)O)c(OCCCC)c1)C(C)=O.CCCCOc1cc(C(=O)N(CCCC)CCC(C)=O)cc(OCCC)c1OCCCS(=O)(=O)O.O=S(=O)=O.O=S(=O)=O. The van der Waals surface area contributed by atoms with Crippen LogP contribution in [-0.4, -0.2) is 150 Å². The summed E-state index contributed by atoms with van der Waals surface area (Å²) in [5.74, 6) is 0.260. The molecule has 2 amide bonds. The molecule has 0 aliphatic carbocycles. The Morgan fingerprint density at radius 3 is 1.24 bits per heavy atom. The van der Waals surface area contributed by atoms with Crippen molar-refractivity contribution >= 4 is 64.8 Å². The Hall–Kier alpha value is -5.42. The zero-order chi connectivity index (χ0) is 60.4. The summed E-state index contributed by atoms with van der Waals surface area (Å²) in [6, 6.07) is 5.74. The summed E-state index contributed by atoms with van der Waals surface area (Å²) in [6.07, 6.45) is 11.6. The summed E-state index contributed by atoms with van der Waals surface area (Å²) in [6.45, 7) is 17.5. The molecule has 24 nitrogen and oxygen atoms in total. The summed E-state index contributed by atoms with van der Waals surface area (Å²) < 4.78 is 148. The molecule has 2 aromatic carbocycles. The number of rotatable bonds is 39. The van der Waals surface area contributed by atoms with Crippen molar-refractivity contribution in [3.63, 3.8) is 0 Å². The van der Waals surface area contributed by atoms with E-state index < -0.39 is 64.9 Å². The number of carbonyl (C=O) groups is 4. The number of hydrogen-bond donors (Lipinski definition) is 3. The molecular weight excluding hydrogens is 1120 g/mol. The molecule has 0 aromatic heterocycles. The number of ether oxygens (including phenoxy) is 6. The number of ketones is 2. The fraction of sp³-hybridized carbons (Fsp3) is 0.686. The molecule has 0 fully saturated rings. The Balaban J connectivity index is 0. The van der Waals surface area contributed by atoms with Crippen molar-refractivity contribution in [2.24, 2.45) is 0 Å². The van der Waals surface area contributed by atoms with E-state index >= 15 is 0 Å². The van der Waals surface area contributed by atoms with Gasteiger partial charge in [-0.25, -0.2) is 0 Å². The minimum absolute atomic E-state index is 0.00211. The first-order chi connectivity index (χ1) is 37.2. The van der Waals surface area contributed by atoms with E-state index in [1.165, 1.54) is 13.8 Å². The molecule has 0 heterocycles. The lowest BCUT2D eigenvalue weighted by Crippen LogP contribution is -2.39. The molecule has 1 atom stereocenters. The summed E-state index contributed by atoms with van der Waals surface area (Å²) in [5, 5.41) is 2.84. The lowest BCUT2D eigenvalue weighted by molar-refractivity contribution is -0.119. The second kappa shape index (κ2) is 44.3. The molecule has 2 rings (SSSR count). The van der Waals surface area contributed by atoms with Gasteiger partial charge in [-0.2, -0.15) is 16.8 Å². The Kier molecular flexibility index (Phi) is 42.5. The predicted molar refractivity (Wildman–Crippen MR) is 295 cm³/mol. The van der Waals surface area contributed by atoms with Crippen molar-refractivity contribution in [2.75, 3.05) is 64.2 Å². The van der Waals surface area contributed by atoms with Crippen LogP contribution in [0.25, 0.3) is 0 Å². The molecule has 1 unspecified atom stereocenters. The Morgan fingerprint density at radius 1 is 0.506 bits per heavy atom. The maximum absolute atomic E-state index is 13.4. The lowest BCUT2D eigenvalue weighted by atomic mass is 10.0. The maximum atomic E-state index is 13.4. The van der Waals surface area contributed by atoms with Gasteiger partial charge in [0.05, 0.1) is 57.2 Å². The molecule has 0 aliphatic heterocycles. The number of nitrogens with zero attached hydrogens (tertiary/aromatic N) is 1. The van der Waals surface area contributed by atoms with Gasteiger partial charge in [-0.15, -0.1) is 25.3 Å². The van der Waals surface area contributed by atoms with Crippen LogP contribution in [0.2, 0.25) is 0 Å². The highest BCUT2D eigenvalue weighted by molar-refractivity contribution is 7.86. The van der Waals surface area contributed by atoms with E-state index in [4.69, 9.17) is 62.8 Å². The van der Waals surface area contributed by atoms with Gasteiger partial charge in [0.15, 0.2) is 28.8 Å². The van der Waals surface area contributed by atoms with Crippen LogP contribution in [0.15, 0.2) is 24.3 Å². The Morgan fingerprint density at radius 2 is 0.886 bits per heavy atom. The van der Waals surface area contributed by atoms with E-state index in [9.17, 15) is 36.0 Å². The standard InChI is InChI=1S/C26H43NO8S.C25H41NO8S.2O3S/c1-5-8-10-11-13-22(20(4)28)27-26(29)21-18-23(33-14-7-3)25(24(19-21)34-15-9-6-2)35-16-12-17-36(30,31)32;1-5-8-12-26(13-11-20(4)27)25(28)21-18-22(32-14-7-3)24(23(19-21)33-15-9-6-2)34-16-10-17-35(29,30)31;2*1-4(2)3/h18-19,22H,5-17H2,1-4H3,(H,27,29)(H,30,31,32);18-19H,5-17H2,1-4H3,(H,29,30,31);;. The van der Waals surface area contributed by atoms with Gasteiger partial charge in [0.25, 0.3) is 32.1 Å². The van der Waals surface area contributed by atoms with Crippen LogP contribution in [0.3, 0.4) is 0 Å². The van der Waals surface area contributed by atoms with Crippen molar-refractivity contribution in [1.82, 2.24) is 10.2 Å². The molecular formula is C51H84N2O22S4. The van der Waals surface area contributed by atoms with Crippen LogP contribution >= 0.6 is 0 Å². The fourth-order valence-electron chi connectivity index (χ4n) is 6.56. The summed E-state index contributed by atoms with van der Waals surface area (Å²) in [7, 11) is -14.4. The van der Waals surface area contributed by atoms with E-state index in [-0.39, 0.29) is 61.3 Å². The Bertz CT molecular complexity index is 2540. The highest BCUT2D eigenvalue weighted by atomic mass is 32.2. The molecule has 79 heavy (non-hydrogen) atoms. The number of Topliss-reactive ketones (excluding diaryl/α,β-unsaturated/α-hetero) is 2. The van der Waals surface area contributed by atoms with Gasteiger partial charge in [0.2, 0.25) is 11.5 Å². The predicted octanol–water partition coefficient (Wildman–Crippen LogP) is 7.49. The second-order valence-corrected chi connectivity index (χ2v) is 21.6. The van der Waals surface area contributed by atoms with Crippen LogP contribution in [0, 0.1) is 0 Å². The van der Waals surface area contributed by atoms with Gasteiger partial charge in [0.1, 0.15) is 5.78 Å². The minimum Gasteiger partial charge on any atom is -0.490 e. The highest BCUT2D eigenvalue weighted by Gasteiger charge is 2.25. The molecule has 2 aromatic rings. The quantitative estimate of drug-likeness (QED) is 0.0431. The number of carbonyl (C=O) groups excluding carboxylic acids is 4. The molecule has 0 spiro atoms. The normalized spacial score (nSPS) is 11.1. The monoisotopic (exact) mass is 1200 g/mol. The summed E-state index contributed by atoms with van der Waals surface area (Å²) in [5.41, 5.74) is 0.644. The van der Waals surface area contributed by atoms with E-state index in [1.54, 1.807) is 29.2 Å². The Labute approximate surface area is 470 Å². The molecule has 3 N–H and O–H groups in total. The van der Waals surface area contributed by atoms with Gasteiger partial charge >= 0.3 is 21.2 Å². The van der Waals surface area contributed by atoms with Crippen molar-refractivity contribution in [3.8, 4) is 34.5 Å². The van der Waals surface area contributed by atoms with Crippen LogP contribution in [0.4, 0.5) is 0 Å². The second-order valence-electron chi connectivity index (χ2n) is 17.7. The smallest absolute Gasteiger partial charge is 0.425 e.